The molecule has 2 N–H and O–H groups in total. The SMILES string of the molecule is CCc1cc(-c2cnc3ccccc3c2)ccc1N. The van der Waals surface area contributed by atoms with E-state index in [0.717, 1.165) is 28.6 Å². The zero-order valence-corrected chi connectivity index (χ0v) is 10.9. The van der Waals surface area contributed by atoms with Crippen LogP contribution >= 0.6 is 0 Å². The number of hydrogen-bond acceptors (Lipinski definition) is 2. The normalized spacial score (nSPS) is 10.8. The monoisotopic (exact) mass is 248 g/mol. The van der Waals surface area contributed by atoms with Crippen molar-refractivity contribution in [3.05, 3.63) is 60.3 Å². The Morgan fingerprint density at radius 3 is 2.68 bits per heavy atom. The number of nitrogens with zero attached hydrogens (tertiary/aromatic N) is 1. The summed E-state index contributed by atoms with van der Waals surface area (Å²) in [6.45, 7) is 2.12. The van der Waals surface area contributed by atoms with Crippen LogP contribution in [0.3, 0.4) is 0 Å². The molecule has 19 heavy (non-hydrogen) atoms. The Morgan fingerprint density at radius 2 is 1.84 bits per heavy atom. The summed E-state index contributed by atoms with van der Waals surface area (Å²) in [5, 5.41) is 1.16. The molecule has 0 radical (unpaired) electrons. The van der Waals surface area contributed by atoms with Gasteiger partial charge in [-0.15, -0.1) is 0 Å². The molecule has 3 aromatic rings. The van der Waals surface area contributed by atoms with E-state index in [2.05, 4.69) is 36.2 Å². The molecular weight excluding hydrogens is 232 g/mol. The summed E-state index contributed by atoms with van der Waals surface area (Å²) in [4.78, 5) is 4.50. The molecule has 0 fully saturated rings. The standard InChI is InChI=1S/C17H16N2/c1-2-12-9-13(7-8-16(12)18)15-10-14-5-3-4-6-17(14)19-11-15/h3-11H,2,18H2,1H3. The Labute approximate surface area is 112 Å². The maximum atomic E-state index is 5.95. The van der Waals surface area contributed by atoms with E-state index in [-0.39, 0.29) is 0 Å². The molecule has 0 saturated carbocycles. The molecule has 0 atom stereocenters. The average molecular weight is 248 g/mol. The van der Waals surface area contributed by atoms with Crippen molar-refractivity contribution in [3.8, 4) is 11.1 Å². The zero-order valence-electron chi connectivity index (χ0n) is 10.9. The Kier molecular flexibility index (Phi) is 2.92. The van der Waals surface area contributed by atoms with Crippen LogP contribution in [0.5, 0.6) is 0 Å². The van der Waals surface area contributed by atoms with Crippen LogP contribution in [0.15, 0.2) is 54.7 Å². The van der Waals surface area contributed by atoms with E-state index in [1.807, 2.05) is 30.5 Å². The van der Waals surface area contributed by atoms with Gasteiger partial charge in [-0.05, 0) is 41.8 Å². The third-order valence-electron chi connectivity index (χ3n) is 3.45. The fraction of sp³-hybridized carbons (Fsp3) is 0.118. The first kappa shape index (κ1) is 11.7. The molecule has 94 valence electrons. The van der Waals surface area contributed by atoms with Crippen molar-refractivity contribution in [1.82, 2.24) is 4.98 Å². The lowest BCUT2D eigenvalue weighted by Crippen LogP contribution is -1.93. The molecule has 0 saturated heterocycles. The first-order valence-electron chi connectivity index (χ1n) is 6.51. The fourth-order valence-electron chi connectivity index (χ4n) is 2.32. The van der Waals surface area contributed by atoms with Gasteiger partial charge in [0.05, 0.1) is 5.52 Å². The number of aromatic nitrogens is 1. The highest BCUT2D eigenvalue weighted by Gasteiger charge is 2.03. The number of fused-ring (bicyclic) bond motifs is 1. The molecule has 2 heteroatoms. The van der Waals surface area contributed by atoms with E-state index in [9.17, 15) is 0 Å². The lowest BCUT2D eigenvalue weighted by molar-refractivity contribution is 1.14. The molecule has 1 heterocycles. The van der Waals surface area contributed by atoms with Crippen LogP contribution in [0.4, 0.5) is 5.69 Å². The van der Waals surface area contributed by atoms with E-state index in [0.29, 0.717) is 0 Å². The highest BCUT2D eigenvalue weighted by atomic mass is 14.6. The van der Waals surface area contributed by atoms with Crippen LogP contribution in [-0.4, -0.2) is 4.98 Å². The molecule has 3 rings (SSSR count). The van der Waals surface area contributed by atoms with Gasteiger partial charge in [-0.3, -0.25) is 4.98 Å². The van der Waals surface area contributed by atoms with Crippen LogP contribution in [0, 0.1) is 0 Å². The molecule has 0 aliphatic carbocycles. The minimum atomic E-state index is 0.861. The minimum Gasteiger partial charge on any atom is -0.399 e. The van der Waals surface area contributed by atoms with Gasteiger partial charge in [-0.1, -0.05) is 31.2 Å². The van der Waals surface area contributed by atoms with Gasteiger partial charge in [0.2, 0.25) is 0 Å². The second-order valence-corrected chi connectivity index (χ2v) is 4.68. The Morgan fingerprint density at radius 1 is 1.00 bits per heavy atom. The quantitative estimate of drug-likeness (QED) is 0.695. The lowest BCUT2D eigenvalue weighted by atomic mass is 10.0. The van der Waals surface area contributed by atoms with Gasteiger partial charge >= 0.3 is 0 Å². The van der Waals surface area contributed by atoms with E-state index in [1.165, 1.54) is 11.1 Å². The van der Waals surface area contributed by atoms with Gasteiger partial charge in [0.1, 0.15) is 0 Å². The number of aryl methyl sites for hydroxylation is 1. The summed E-state index contributed by atoms with van der Waals surface area (Å²) in [6.07, 6.45) is 2.87. The maximum Gasteiger partial charge on any atom is 0.0702 e. The minimum absolute atomic E-state index is 0.861. The van der Waals surface area contributed by atoms with Crippen molar-refractivity contribution in [2.75, 3.05) is 5.73 Å². The van der Waals surface area contributed by atoms with Gasteiger partial charge in [-0.25, -0.2) is 0 Å². The third-order valence-corrected chi connectivity index (χ3v) is 3.45. The lowest BCUT2D eigenvalue weighted by Gasteiger charge is -2.08. The number of rotatable bonds is 2. The Balaban J connectivity index is 2.13. The van der Waals surface area contributed by atoms with Crippen LogP contribution in [0.2, 0.25) is 0 Å². The summed E-state index contributed by atoms with van der Waals surface area (Å²) in [5.74, 6) is 0. The van der Waals surface area contributed by atoms with Crippen LogP contribution < -0.4 is 5.73 Å². The predicted octanol–water partition coefficient (Wildman–Crippen LogP) is 4.05. The summed E-state index contributed by atoms with van der Waals surface area (Å²) < 4.78 is 0. The summed E-state index contributed by atoms with van der Waals surface area (Å²) in [5.41, 5.74) is 11.3. The largest absolute Gasteiger partial charge is 0.399 e. The predicted molar refractivity (Wildman–Crippen MR) is 81.0 cm³/mol. The summed E-state index contributed by atoms with van der Waals surface area (Å²) in [6, 6.07) is 16.5. The smallest absolute Gasteiger partial charge is 0.0702 e. The number of nitrogens with two attached hydrogens (primary N) is 1. The topological polar surface area (TPSA) is 38.9 Å². The van der Waals surface area contributed by atoms with Crippen molar-refractivity contribution >= 4 is 16.6 Å². The fourth-order valence-corrected chi connectivity index (χ4v) is 2.32. The Hall–Kier alpha value is -2.35. The molecule has 0 amide bonds. The molecule has 0 aliphatic rings. The van der Waals surface area contributed by atoms with E-state index >= 15 is 0 Å². The number of nitrogen functional groups attached to an aromatic ring is 1. The van der Waals surface area contributed by atoms with Crippen LogP contribution in [0.1, 0.15) is 12.5 Å². The first-order chi connectivity index (χ1) is 9.28. The summed E-state index contributed by atoms with van der Waals surface area (Å²) >= 11 is 0. The molecule has 1 aromatic heterocycles. The highest BCUT2D eigenvalue weighted by molar-refractivity contribution is 5.83. The van der Waals surface area contributed by atoms with Gasteiger partial charge < -0.3 is 5.73 Å². The molecule has 0 aliphatic heterocycles. The molecule has 2 nitrogen and oxygen atoms in total. The summed E-state index contributed by atoms with van der Waals surface area (Å²) in [7, 11) is 0. The molecular formula is C17H16N2. The zero-order chi connectivity index (χ0) is 13.2. The molecule has 0 spiro atoms. The molecule has 0 bridgehead atoms. The van der Waals surface area contributed by atoms with Crippen molar-refractivity contribution in [2.24, 2.45) is 0 Å². The Bertz CT molecular complexity index is 732. The third kappa shape index (κ3) is 2.17. The van der Waals surface area contributed by atoms with Gasteiger partial charge in [0.25, 0.3) is 0 Å². The number of hydrogen-bond donors (Lipinski definition) is 1. The number of anilines is 1. The number of benzene rings is 2. The number of para-hydroxylation sites is 1. The van der Waals surface area contributed by atoms with Gasteiger partial charge in [0.15, 0.2) is 0 Å². The van der Waals surface area contributed by atoms with E-state index < -0.39 is 0 Å². The van der Waals surface area contributed by atoms with Crippen molar-refractivity contribution in [3.63, 3.8) is 0 Å². The maximum absolute atomic E-state index is 5.95. The second kappa shape index (κ2) is 4.73. The first-order valence-corrected chi connectivity index (χ1v) is 6.51. The van der Waals surface area contributed by atoms with Crippen LogP contribution in [0.25, 0.3) is 22.0 Å². The van der Waals surface area contributed by atoms with Crippen molar-refractivity contribution < 1.29 is 0 Å². The van der Waals surface area contributed by atoms with E-state index in [4.69, 9.17) is 5.73 Å². The van der Waals surface area contributed by atoms with Gasteiger partial charge in [0, 0.05) is 22.8 Å². The average Bonchev–Trinajstić information content (AvgIpc) is 2.47. The van der Waals surface area contributed by atoms with E-state index in [1.54, 1.807) is 0 Å². The van der Waals surface area contributed by atoms with Gasteiger partial charge in [-0.2, -0.15) is 0 Å². The number of pyridine rings is 1. The van der Waals surface area contributed by atoms with Crippen molar-refractivity contribution in [2.45, 2.75) is 13.3 Å². The molecule has 0 unspecified atom stereocenters. The second-order valence-electron chi connectivity index (χ2n) is 4.68. The van der Waals surface area contributed by atoms with Crippen LogP contribution in [-0.2, 0) is 6.42 Å². The van der Waals surface area contributed by atoms with Crippen molar-refractivity contribution in [1.29, 1.82) is 0 Å². The highest BCUT2D eigenvalue weighted by Crippen LogP contribution is 2.26. The molecule has 2 aromatic carbocycles.